The Kier molecular flexibility index (Phi) is 6.67. The molecule has 0 bridgehead atoms. The number of nitrogens with zero attached hydrogens (tertiary/aromatic N) is 6. The summed E-state index contributed by atoms with van der Waals surface area (Å²) >= 11 is 12.2. The molecule has 2 aliphatic rings. The molecular formula is C20H25Cl2N7. The molecule has 4 rings (SSSR count). The summed E-state index contributed by atoms with van der Waals surface area (Å²) in [5, 5.41) is 5.47. The predicted octanol–water partition coefficient (Wildman–Crippen LogP) is 4.61. The maximum absolute atomic E-state index is 6.20. The second kappa shape index (κ2) is 9.59. The molecule has 1 N–H and O–H groups in total. The van der Waals surface area contributed by atoms with E-state index >= 15 is 0 Å². The molecule has 0 amide bonds. The van der Waals surface area contributed by atoms with Crippen LogP contribution in [-0.4, -0.2) is 47.3 Å². The van der Waals surface area contributed by atoms with Crippen molar-refractivity contribution in [3.63, 3.8) is 0 Å². The SMILES string of the molecule is Clc1ccc(Cl)c(/C=N/Nc2nc(N3CCCCC3)nc(N3CCCCC3)n2)c1. The van der Waals surface area contributed by atoms with Crippen molar-refractivity contribution in [1.82, 2.24) is 15.0 Å². The number of rotatable bonds is 5. The van der Waals surface area contributed by atoms with Gasteiger partial charge in [-0.25, -0.2) is 5.43 Å². The number of piperidine rings is 2. The molecule has 29 heavy (non-hydrogen) atoms. The van der Waals surface area contributed by atoms with Gasteiger partial charge in [0.1, 0.15) is 0 Å². The van der Waals surface area contributed by atoms with Crippen LogP contribution in [-0.2, 0) is 0 Å². The highest BCUT2D eigenvalue weighted by atomic mass is 35.5. The van der Waals surface area contributed by atoms with Gasteiger partial charge in [-0.3, -0.25) is 0 Å². The molecule has 9 heteroatoms. The van der Waals surface area contributed by atoms with Gasteiger partial charge in [-0.1, -0.05) is 23.2 Å². The van der Waals surface area contributed by atoms with Crippen LogP contribution < -0.4 is 15.2 Å². The number of benzene rings is 1. The van der Waals surface area contributed by atoms with Gasteiger partial charge in [-0.15, -0.1) is 0 Å². The smallest absolute Gasteiger partial charge is 0.250 e. The van der Waals surface area contributed by atoms with Crippen LogP contribution in [0, 0.1) is 0 Å². The number of anilines is 3. The van der Waals surface area contributed by atoms with Crippen LogP contribution in [0.5, 0.6) is 0 Å². The van der Waals surface area contributed by atoms with Crippen molar-refractivity contribution in [2.45, 2.75) is 38.5 Å². The highest BCUT2D eigenvalue weighted by Crippen LogP contribution is 2.23. The summed E-state index contributed by atoms with van der Waals surface area (Å²) in [6.07, 6.45) is 8.81. The molecule has 3 heterocycles. The Bertz CT molecular complexity index is 826. The highest BCUT2D eigenvalue weighted by molar-refractivity contribution is 6.35. The van der Waals surface area contributed by atoms with Crippen LogP contribution in [0.4, 0.5) is 17.8 Å². The third kappa shape index (κ3) is 5.28. The van der Waals surface area contributed by atoms with E-state index < -0.39 is 0 Å². The summed E-state index contributed by atoms with van der Waals surface area (Å²) in [4.78, 5) is 18.5. The van der Waals surface area contributed by atoms with Crippen molar-refractivity contribution < 1.29 is 0 Å². The fourth-order valence-electron chi connectivity index (χ4n) is 3.65. The molecule has 2 aromatic rings. The van der Waals surface area contributed by atoms with Gasteiger partial charge in [0.2, 0.25) is 17.8 Å². The Hall–Kier alpha value is -2.12. The first kappa shape index (κ1) is 20.2. The van der Waals surface area contributed by atoms with E-state index in [9.17, 15) is 0 Å². The van der Waals surface area contributed by atoms with Gasteiger partial charge < -0.3 is 9.80 Å². The van der Waals surface area contributed by atoms with Gasteiger partial charge in [0.25, 0.3) is 0 Å². The van der Waals surface area contributed by atoms with Gasteiger partial charge in [0.05, 0.1) is 6.21 Å². The van der Waals surface area contributed by atoms with Crippen LogP contribution in [0.2, 0.25) is 10.0 Å². The molecule has 2 fully saturated rings. The third-order valence-corrected chi connectivity index (χ3v) is 5.80. The Morgan fingerprint density at radius 2 is 1.41 bits per heavy atom. The molecule has 0 atom stereocenters. The average molecular weight is 434 g/mol. The summed E-state index contributed by atoms with van der Waals surface area (Å²) in [7, 11) is 0. The van der Waals surface area contributed by atoms with E-state index in [4.69, 9.17) is 28.2 Å². The second-order valence-corrected chi connectivity index (χ2v) is 8.23. The molecule has 1 aromatic carbocycles. The fraction of sp³-hybridized carbons (Fsp3) is 0.500. The quantitative estimate of drug-likeness (QED) is 0.548. The van der Waals surface area contributed by atoms with E-state index in [2.05, 4.69) is 30.3 Å². The zero-order chi connectivity index (χ0) is 20.1. The lowest BCUT2D eigenvalue weighted by Crippen LogP contribution is -2.34. The van der Waals surface area contributed by atoms with Gasteiger partial charge in [-0.2, -0.15) is 20.1 Å². The average Bonchev–Trinajstić information content (AvgIpc) is 2.77. The van der Waals surface area contributed by atoms with Crippen molar-refractivity contribution in [2.75, 3.05) is 41.4 Å². The molecule has 0 saturated carbocycles. The summed E-state index contributed by atoms with van der Waals surface area (Å²) in [6.45, 7) is 3.91. The number of nitrogens with one attached hydrogen (secondary N) is 1. The monoisotopic (exact) mass is 433 g/mol. The van der Waals surface area contributed by atoms with Crippen molar-refractivity contribution in [3.8, 4) is 0 Å². The van der Waals surface area contributed by atoms with Crippen molar-refractivity contribution in [1.29, 1.82) is 0 Å². The first-order chi connectivity index (χ1) is 14.2. The van der Waals surface area contributed by atoms with Gasteiger partial charge >= 0.3 is 0 Å². The highest BCUT2D eigenvalue weighted by Gasteiger charge is 2.20. The molecule has 2 aliphatic heterocycles. The molecule has 154 valence electrons. The minimum Gasteiger partial charge on any atom is -0.341 e. The zero-order valence-electron chi connectivity index (χ0n) is 16.3. The number of hydrogen-bond acceptors (Lipinski definition) is 7. The zero-order valence-corrected chi connectivity index (χ0v) is 17.8. The van der Waals surface area contributed by atoms with Gasteiger partial charge in [0, 0.05) is 41.8 Å². The number of hydrogen-bond donors (Lipinski definition) is 1. The normalized spacial score (nSPS) is 17.7. The van der Waals surface area contributed by atoms with Crippen LogP contribution in [0.15, 0.2) is 23.3 Å². The summed E-state index contributed by atoms with van der Waals surface area (Å²) < 4.78 is 0. The molecule has 0 unspecified atom stereocenters. The minimum absolute atomic E-state index is 0.440. The van der Waals surface area contributed by atoms with E-state index in [0.29, 0.717) is 16.0 Å². The van der Waals surface area contributed by atoms with E-state index in [1.165, 1.54) is 38.5 Å². The van der Waals surface area contributed by atoms with Crippen LogP contribution in [0.3, 0.4) is 0 Å². The molecule has 7 nitrogen and oxygen atoms in total. The summed E-state index contributed by atoms with van der Waals surface area (Å²) in [5.74, 6) is 1.88. The summed E-state index contributed by atoms with van der Waals surface area (Å²) in [6, 6.07) is 5.26. The number of aromatic nitrogens is 3. The topological polar surface area (TPSA) is 69.5 Å². The van der Waals surface area contributed by atoms with Crippen molar-refractivity contribution in [3.05, 3.63) is 33.8 Å². The Balaban J connectivity index is 1.57. The lowest BCUT2D eigenvalue weighted by atomic mass is 10.1. The lowest BCUT2D eigenvalue weighted by Gasteiger charge is -2.30. The molecule has 0 aliphatic carbocycles. The van der Waals surface area contributed by atoms with Gasteiger partial charge in [0.15, 0.2) is 0 Å². The van der Waals surface area contributed by atoms with E-state index in [1.54, 1.807) is 24.4 Å². The molecular weight excluding hydrogens is 409 g/mol. The van der Waals surface area contributed by atoms with E-state index in [1.807, 2.05) is 0 Å². The largest absolute Gasteiger partial charge is 0.341 e. The van der Waals surface area contributed by atoms with Crippen LogP contribution in [0.25, 0.3) is 0 Å². The van der Waals surface area contributed by atoms with Crippen molar-refractivity contribution in [2.24, 2.45) is 5.10 Å². The first-order valence-electron chi connectivity index (χ1n) is 10.2. The number of halogens is 2. The molecule has 2 saturated heterocycles. The number of hydrazone groups is 1. The Morgan fingerprint density at radius 3 is 2.00 bits per heavy atom. The van der Waals surface area contributed by atoms with E-state index in [0.717, 1.165) is 43.6 Å². The predicted molar refractivity (Wildman–Crippen MR) is 120 cm³/mol. The molecule has 0 spiro atoms. The first-order valence-corrected chi connectivity index (χ1v) is 10.9. The van der Waals surface area contributed by atoms with Crippen LogP contribution >= 0.6 is 23.2 Å². The molecule has 0 radical (unpaired) electrons. The van der Waals surface area contributed by atoms with Crippen molar-refractivity contribution >= 4 is 47.3 Å². The van der Waals surface area contributed by atoms with E-state index in [-0.39, 0.29) is 0 Å². The Morgan fingerprint density at radius 1 is 0.828 bits per heavy atom. The Labute approximate surface area is 181 Å². The maximum Gasteiger partial charge on any atom is 0.250 e. The third-order valence-electron chi connectivity index (χ3n) is 5.22. The van der Waals surface area contributed by atoms with Crippen LogP contribution in [0.1, 0.15) is 44.1 Å². The minimum atomic E-state index is 0.440. The van der Waals surface area contributed by atoms with Gasteiger partial charge in [-0.05, 0) is 56.7 Å². The summed E-state index contributed by atoms with van der Waals surface area (Å²) in [5.41, 5.74) is 3.68. The second-order valence-electron chi connectivity index (χ2n) is 7.39. The maximum atomic E-state index is 6.20. The fourth-order valence-corrected chi connectivity index (χ4v) is 3.99. The standard InChI is InChI=1S/C20H25Cl2N7/c21-16-7-8-17(22)15(13-16)14-23-27-18-24-19(28-9-3-1-4-10-28)26-20(25-18)29-11-5-2-6-12-29/h7-8,13-14H,1-6,9-12H2,(H,24,25,26,27)/b23-14+. The molecule has 1 aromatic heterocycles. The lowest BCUT2D eigenvalue weighted by molar-refractivity contribution is 0.556.